The van der Waals surface area contributed by atoms with E-state index in [0.29, 0.717) is 17.7 Å². The predicted molar refractivity (Wildman–Crippen MR) is 80.9 cm³/mol. The Balaban J connectivity index is 2.57. The smallest absolute Gasteiger partial charge is 0.326 e. The normalized spacial score (nSPS) is 13.3. The van der Waals surface area contributed by atoms with Crippen LogP contribution in [0.3, 0.4) is 0 Å². The lowest BCUT2D eigenvalue weighted by atomic mass is 10.1. The molecule has 0 aromatic heterocycles. The molecule has 1 rings (SSSR count). The van der Waals surface area contributed by atoms with Crippen LogP contribution in [0.25, 0.3) is 0 Å². The standard InChI is InChI=1S/C14H19FN2O3S/c1-9(10-4-3-5-11(15)8-10)16-14(20)17-12(13(18)19)6-7-21-2/h3-5,8-9,12H,6-7H2,1-2H3,(H,18,19)(H2,16,17,20). The number of amides is 2. The number of thioether (sulfide) groups is 1. The summed E-state index contributed by atoms with van der Waals surface area (Å²) in [5.41, 5.74) is 0.612. The molecule has 0 fully saturated rings. The first kappa shape index (κ1) is 17.3. The van der Waals surface area contributed by atoms with Gasteiger partial charge in [-0.05, 0) is 43.0 Å². The second kappa shape index (κ2) is 8.51. The Morgan fingerprint density at radius 2 is 2.10 bits per heavy atom. The van der Waals surface area contributed by atoms with Crippen molar-refractivity contribution in [3.63, 3.8) is 0 Å². The van der Waals surface area contributed by atoms with E-state index in [9.17, 15) is 14.0 Å². The molecule has 0 radical (unpaired) electrons. The van der Waals surface area contributed by atoms with Crippen molar-refractivity contribution in [2.45, 2.75) is 25.4 Å². The van der Waals surface area contributed by atoms with Crippen LogP contribution in [-0.4, -0.2) is 35.2 Å². The molecular weight excluding hydrogens is 295 g/mol. The molecule has 0 bridgehead atoms. The number of rotatable bonds is 7. The zero-order valence-electron chi connectivity index (χ0n) is 11.9. The maximum atomic E-state index is 13.1. The Morgan fingerprint density at radius 1 is 1.38 bits per heavy atom. The molecule has 1 aromatic rings. The van der Waals surface area contributed by atoms with E-state index in [-0.39, 0.29) is 5.82 Å². The second-order valence-corrected chi connectivity index (χ2v) is 5.55. The first-order valence-electron chi connectivity index (χ1n) is 6.48. The number of benzene rings is 1. The summed E-state index contributed by atoms with van der Waals surface area (Å²) in [7, 11) is 0. The summed E-state index contributed by atoms with van der Waals surface area (Å²) in [5, 5.41) is 14.0. The van der Waals surface area contributed by atoms with Gasteiger partial charge < -0.3 is 15.7 Å². The molecule has 0 aliphatic rings. The number of carboxylic acids is 1. The number of carbonyl (C=O) groups is 2. The minimum absolute atomic E-state index is 0.346. The van der Waals surface area contributed by atoms with Gasteiger partial charge in [-0.15, -0.1) is 0 Å². The Kier molecular flexibility index (Phi) is 7.01. The quantitative estimate of drug-likeness (QED) is 0.722. The maximum absolute atomic E-state index is 13.1. The number of halogens is 1. The molecule has 5 nitrogen and oxygen atoms in total. The van der Waals surface area contributed by atoms with Gasteiger partial charge in [0.2, 0.25) is 0 Å². The molecule has 0 spiro atoms. The third-order valence-electron chi connectivity index (χ3n) is 2.91. The van der Waals surface area contributed by atoms with Crippen LogP contribution in [0.5, 0.6) is 0 Å². The van der Waals surface area contributed by atoms with Crippen molar-refractivity contribution in [3.05, 3.63) is 35.6 Å². The van der Waals surface area contributed by atoms with Gasteiger partial charge in [-0.25, -0.2) is 14.0 Å². The van der Waals surface area contributed by atoms with Crippen molar-refractivity contribution >= 4 is 23.8 Å². The molecule has 0 saturated carbocycles. The van der Waals surface area contributed by atoms with Gasteiger partial charge in [-0.2, -0.15) is 11.8 Å². The zero-order valence-corrected chi connectivity index (χ0v) is 12.7. The first-order chi connectivity index (χ1) is 9.93. The Bertz CT molecular complexity index is 499. The highest BCUT2D eigenvalue weighted by molar-refractivity contribution is 7.98. The van der Waals surface area contributed by atoms with E-state index in [1.54, 1.807) is 19.1 Å². The topological polar surface area (TPSA) is 78.4 Å². The molecular formula is C14H19FN2O3S. The van der Waals surface area contributed by atoms with Crippen LogP contribution in [0, 0.1) is 5.82 Å². The van der Waals surface area contributed by atoms with E-state index in [4.69, 9.17) is 5.11 Å². The molecule has 116 valence electrons. The van der Waals surface area contributed by atoms with Gasteiger partial charge in [0.1, 0.15) is 11.9 Å². The lowest BCUT2D eigenvalue weighted by Crippen LogP contribution is -2.46. The predicted octanol–water partition coefficient (Wildman–Crippen LogP) is 2.39. The van der Waals surface area contributed by atoms with Gasteiger partial charge in [-0.1, -0.05) is 12.1 Å². The highest BCUT2D eigenvalue weighted by Gasteiger charge is 2.20. The fraction of sp³-hybridized carbons (Fsp3) is 0.429. The van der Waals surface area contributed by atoms with Crippen LogP contribution >= 0.6 is 11.8 Å². The van der Waals surface area contributed by atoms with Crippen LogP contribution in [0.2, 0.25) is 0 Å². The van der Waals surface area contributed by atoms with Crippen molar-refractivity contribution in [2.24, 2.45) is 0 Å². The zero-order chi connectivity index (χ0) is 15.8. The fourth-order valence-electron chi connectivity index (χ4n) is 1.75. The molecule has 3 N–H and O–H groups in total. The van der Waals surface area contributed by atoms with Gasteiger partial charge >= 0.3 is 12.0 Å². The lowest BCUT2D eigenvalue weighted by molar-refractivity contribution is -0.139. The fourth-order valence-corrected chi connectivity index (χ4v) is 2.22. The first-order valence-corrected chi connectivity index (χ1v) is 7.87. The van der Waals surface area contributed by atoms with Crippen LogP contribution in [0.4, 0.5) is 9.18 Å². The third-order valence-corrected chi connectivity index (χ3v) is 3.55. The summed E-state index contributed by atoms with van der Waals surface area (Å²) in [6.45, 7) is 1.70. The number of urea groups is 1. The van der Waals surface area contributed by atoms with Gasteiger partial charge in [-0.3, -0.25) is 0 Å². The molecule has 0 heterocycles. The monoisotopic (exact) mass is 314 g/mol. The van der Waals surface area contributed by atoms with E-state index < -0.39 is 24.1 Å². The molecule has 2 atom stereocenters. The molecule has 0 aliphatic carbocycles. The van der Waals surface area contributed by atoms with Crippen molar-refractivity contribution in [2.75, 3.05) is 12.0 Å². The number of carbonyl (C=O) groups excluding carboxylic acids is 1. The summed E-state index contributed by atoms with van der Waals surface area (Å²) in [5.74, 6) is -0.820. The van der Waals surface area contributed by atoms with E-state index >= 15 is 0 Å². The summed E-state index contributed by atoms with van der Waals surface area (Å²) in [6, 6.07) is 3.95. The van der Waals surface area contributed by atoms with E-state index in [0.717, 1.165) is 0 Å². The summed E-state index contributed by atoms with van der Waals surface area (Å²) in [6.07, 6.45) is 2.21. The SMILES string of the molecule is CSCCC(NC(=O)NC(C)c1cccc(F)c1)C(=O)O. The van der Waals surface area contributed by atoms with Crippen LogP contribution < -0.4 is 10.6 Å². The minimum atomic E-state index is -1.07. The molecule has 1 aromatic carbocycles. The van der Waals surface area contributed by atoms with Gasteiger partial charge in [0.05, 0.1) is 6.04 Å². The number of aliphatic carboxylic acids is 1. The highest BCUT2D eigenvalue weighted by atomic mass is 32.2. The Labute approximate surface area is 127 Å². The molecule has 0 saturated heterocycles. The van der Waals surface area contributed by atoms with Gasteiger partial charge in [0.15, 0.2) is 0 Å². The number of hydrogen-bond acceptors (Lipinski definition) is 3. The molecule has 7 heteroatoms. The maximum Gasteiger partial charge on any atom is 0.326 e. The second-order valence-electron chi connectivity index (χ2n) is 4.57. The van der Waals surface area contributed by atoms with Gasteiger partial charge in [0, 0.05) is 0 Å². The van der Waals surface area contributed by atoms with Crippen molar-refractivity contribution in [1.29, 1.82) is 0 Å². The highest BCUT2D eigenvalue weighted by Crippen LogP contribution is 2.13. The van der Waals surface area contributed by atoms with Crippen molar-refractivity contribution in [3.8, 4) is 0 Å². The average Bonchev–Trinajstić information content (AvgIpc) is 2.43. The summed E-state index contributed by atoms with van der Waals surface area (Å²) >= 11 is 1.51. The van der Waals surface area contributed by atoms with Crippen LogP contribution in [0.1, 0.15) is 24.9 Å². The van der Waals surface area contributed by atoms with E-state index in [1.807, 2.05) is 6.26 Å². The average molecular weight is 314 g/mol. The molecule has 2 unspecified atom stereocenters. The number of hydrogen-bond donors (Lipinski definition) is 3. The van der Waals surface area contributed by atoms with Crippen LogP contribution in [0.15, 0.2) is 24.3 Å². The molecule has 21 heavy (non-hydrogen) atoms. The Hall–Kier alpha value is -1.76. The summed E-state index contributed by atoms with van der Waals surface area (Å²) in [4.78, 5) is 22.8. The Morgan fingerprint density at radius 3 is 2.67 bits per heavy atom. The van der Waals surface area contributed by atoms with E-state index in [1.165, 1.54) is 23.9 Å². The molecule has 2 amide bonds. The minimum Gasteiger partial charge on any atom is -0.480 e. The van der Waals surface area contributed by atoms with Crippen molar-refractivity contribution in [1.82, 2.24) is 10.6 Å². The lowest BCUT2D eigenvalue weighted by Gasteiger charge is -2.18. The van der Waals surface area contributed by atoms with Gasteiger partial charge in [0.25, 0.3) is 0 Å². The summed E-state index contributed by atoms with van der Waals surface area (Å²) < 4.78 is 13.1. The largest absolute Gasteiger partial charge is 0.480 e. The molecule has 0 aliphatic heterocycles. The van der Waals surface area contributed by atoms with Crippen LogP contribution in [-0.2, 0) is 4.79 Å². The van der Waals surface area contributed by atoms with E-state index in [2.05, 4.69) is 10.6 Å². The number of carboxylic acid groups (broad SMARTS) is 1. The van der Waals surface area contributed by atoms with Crippen molar-refractivity contribution < 1.29 is 19.1 Å². The third kappa shape index (κ3) is 6.03. The number of nitrogens with one attached hydrogen (secondary N) is 2.